The minimum atomic E-state index is -0.330. The fourth-order valence-electron chi connectivity index (χ4n) is 3.72. The molecule has 0 radical (unpaired) electrons. The van der Waals surface area contributed by atoms with Gasteiger partial charge in [0.15, 0.2) is 10.3 Å². The van der Waals surface area contributed by atoms with Crippen LogP contribution in [0.4, 0.5) is 0 Å². The van der Waals surface area contributed by atoms with Crippen molar-refractivity contribution in [3.8, 4) is 11.5 Å². The lowest BCUT2D eigenvalue weighted by atomic mass is 10.2. The highest BCUT2D eigenvalue weighted by Crippen LogP contribution is 2.35. The summed E-state index contributed by atoms with van der Waals surface area (Å²) in [5.41, 5.74) is 1.09. The predicted molar refractivity (Wildman–Crippen MR) is 151 cm³/mol. The van der Waals surface area contributed by atoms with Crippen molar-refractivity contribution in [3.63, 3.8) is 0 Å². The summed E-state index contributed by atoms with van der Waals surface area (Å²) in [5, 5.41) is 21.4. The molecule has 3 aliphatic rings. The highest BCUT2D eigenvalue weighted by molar-refractivity contribution is 9.10. The van der Waals surface area contributed by atoms with Crippen LogP contribution in [0.2, 0.25) is 0 Å². The van der Waals surface area contributed by atoms with Crippen molar-refractivity contribution in [1.29, 1.82) is 0 Å². The summed E-state index contributed by atoms with van der Waals surface area (Å²) in [7, 11) is 0. The molecule has 0 aromatic heterocycles. The summed E-state index contributed by atoms with van der Waals surface area (Å²) in [6, 6.07) is 10.1. The number of amidine groups is 2. The summed E-state index contributed by atoms with van der Waals surface area (Å²) < 4.78 is 1.61. The summed E-state index contributed by atoms with van der Waals surface area (Å²) in [5.74, 6) is -0.476. The quantitative estimate of drug-likeness (QED) is 0.444. The van der Waals surface area contributed by atoms with Crippen molar-refractivity contribution in [2.24, 2.45) is 9.98 Å². The monoisotopic (exact) mass is 648 g/mol. The van der Waals surface area contributed by atoms with E-state index >= 15 is 0 Å². The number of hydrogen-bond donors (Lipinski definition) is 2. The Kier molecular flexibility index (Phi) is 7.29. The smallest absolute Gasteiger partial charge is 0.286 e. The number of carbonyl (C=O) groups is 2. The first-order valence-electron chi connectivity index (χ1n) is 10.8. The second kappa shape index (κ2) is 10.4. The Balaban J connectivity index is 1.21. The molecule has 0 unspecified atom stereocenters. The van der Waals surface area contributed by atoms with E-state index in [9.17, 15) is 19.8 Å². The molecule has 2 aromatic rings. The molecule has 2 amide bonds. The second-order valence-corrected chi connectivity index (χ2v) is 11.9. The first kappa shape index (κ1) is 25.1. The topological polar surface area (TPSA) is 106 Å². The summed E-state index contributed by atoms with van der Waals surface area (Å²) in [6.07, 6.45) is 3.29. The molecule has 1 fully saturated rings. The van der Waals surface area contributed by atoms with Gasteiger partial charge in [0, 0.05) is 46.3 Å². The predicted octanol–water partition coefficient (Wildman–Crippen LogP) is 4.88. The van der Waals surface area contributed by atoms with E-state index in [1.165, 1.54) is 23.5 Å². The maximum absolute atomic E-state index is 12.5. The zero-order chi connectivity index (χ0) is 25.4. The van der Waals surface area contributed by atoms with Gasteiger partial charge in [-0.3, -0.25) is 9.59 Å². The molecule has 2 N–H and O–H groups in total. The van der Waals surface area contributed by atoms with Gasteiger partial charge in [-0.05, 0) is 72.1 Å². The molecule has 0 atom stereocenters. The molecule has 184 valence electrons. The zero-order valence-corrected chi connectivity index (χ0v) is 23.3. The minimum Gasteiger partial charge on any atom is -0.507 e. The Morgan fingerprint density at radius 1 is 0.722 bits per heavy atom. The molecule has 36 heavy (non-hydrogen) atoms. The number of halogens is 2. The summed E-state index contributed by atoms with van der Waals surface area (Å²) in [6.45, 7) is 2.48. The molecular weight excluding hydrogens is 632 g/mol. The van der Waals surface area contributed by atoms with Crippen LogP contribution in [0.3, 0.4) is 0 Å². The zero-order valence-electron chi connectivity index (χ0n) is 18.5. The van der Waals surface area contributed by atoms with Gasteiger partial charge in [0.25, 0.3) is 11.8 Å². The molecule has 8 nitrogen and oxygen atoms in total. The third-order valence-electron chi connectivity index (χ3n) is 5.59. The fourth-order valence-corrected chi connectivity index (χ4v) is 6.39. The lowest BCUT2D eigenvalue weighted by Gasteiger charge is -2.35. The van der Waals surface area contributed by atoms with Crippen LogP contribution in [0, 0.1) is 0 Å². The maximum Gasteiger partial charge on any atom is 0.286 e. The third kappa shape index (κ3) is 5.41. The molecule has 5 rings (SSSR count). The van der Waals surface area contributed by atoms with E-state index in [1.54, 1.807) is 48.6 Å². The van der Waals surface area contributed by atoms with Crippen LogP contribution in [0.25, 0.3) is 12.2 Å². The molecule has 2 aromatic carbocycles. The van der Waals surface area contributed by atoms with E-state index in [2.05, 4.69) is 41.8 Å². The van der Waals surface area contributed by atoms with Gasteiger partial charge in [0.05, 0.1) is 9.81 Å². The van der Waals surface area contributed by atoms with Gasteiger partial charge in [-0.25, -0.2) is 0 Å². The number of piperazine rings is 1. The van der Waals surface area contributed by atoms with E-state index in [1.807, 2.05) is 9.80 Å². The lowest BCUT2D eigenvalue weighted by molar-refractivity contribution is -0.114. The number of phenols is 2. The number of phenolic OH excluding ortho intramolecular Hbond substituents is 2. The average Bonchev–Trinajstić information content (AvgIpc) is 3.41. The van der Waals surface area contributed by atoms with Crippen molar-refractivity contribution >= 4 is 89.7 Å². The summed E-state index contributed by atoms with van der Waals surface area (Å²) >= 11 is 9.33. The normalized spacial score (nSPS) is 20.5. The second-order valence-electron chi connectivity index (χ2n) is 8.00. The van der Waals surface area contributed by atoms with Crippen LogP contribution in [-0.2, 0) is 9.59 Å². The number of aliphatic imine (C=N–C) groups is 2. The molecule has 0 bridgehead atoms. The number of hydrogen-bond acceptors (Lipinski definition) is 8. The van der Waals surface area contributed by atoms with E-state index in [0.717, 1.165) is 8.95 Å². The number of thioether (sulfide) groups is 2. The van der Waals surface area contributed by atoms with Gasteiger partial charge >= 0.3 is 0 Å². The van der Waals surface area contributed by atoms with Crippen LogP contribution in [0.15, 0.2) is 65.1 Å². The van der Waals surface area contributed by atoms with E-state index < -0.39 is 0 Å². The lowest BCUT2D eigenvalue weighted by Crippen LogP contribution is -2.49. The SMILES string of the molecule is O=C1N=C(N2CCN(C3=NC(=O)/C(=C\c4cc(Br)ccc4O)S3)CC2)S/C1=C\c1cc(Br)ccc1O. The van der Waals surface area contributed by atoms with Crippen LogP contribution < -0.4 is 0 Å². The molecule has 0 saturated carbocycles. The van der Waals surface area contributed by atoms with E-state index in [4.69, 9.17) is 0 Å². The molecule has 0 aliphatic carbocycles. The molecule has 12 heteroatoms. The van der Waals surface area contributed by atoms with Crippen LogP contribution in [0.5, 0.6) is 11.5 Å². The standard InChI is InChI=1S/C24H18Br2N4O4S2/c25-15-1-3-17(31)13(9-15)11-19-21(33)27-23(35-19)29-5-7-30(8-6-29)24-28-22(34)20(36-24)12-14-10-16(26)2-4-18(14)32/h1-4,9-12,31-32H,5-8H2/b19-11-,20-12+. The first-order valence-corrected chi connectivity index (χ1v) is 14.0. The van der Waals surface area contributed by atoms with Crippen molar-refractivity contribution in [1.82, 2.24) is 9.80 Å². The number of aromatic hydroxyl groups is 2. The summed E-state index contributed by atoms with van der Waals surface area (Å²) in [4.78, 5) is 38.4. The van der Waals surface area contributed by atoms with Gasteiger partial charge in [0.1, 0.15) is 11.5 Å². The average molecular weight is 650 g/mol. The highest BCUT2D eigenvalue weighted by Gasteiger charge is 2.32. The minimum absolute atomic E-state index is 0.0917. The fraction of sp³-hybridized carbons (Fsp3) is 0.167. The Hall–Kier alpha value is -2.54. The molecule has 0 spiro atoms. The van der Waals surface area contributed by atoms with Crippen molar-refractivity contribution < 1.29 is 19.8 Å². The third-order valence-corrected chi connectivity index (χ3v) is 8.67. The molecule has 1 saturated heterocycles. The van der Waals surface area contributed by atoms with Crippen LogP contribution >= 0.6 is 55.4 Å². The molecular formula is C24H18Br2N4O4S2. The van der Waals surface area contributed by atoms with Crippen molar-refractivity contribution in [2.75, 3.05) is 26.2 Å². The van der Waals surface area contributed by atoms with Gasteiger partial charge < -0.3 is 20.0 Å². The van der Waals surface area contributed by atoms with Crippen LogP contribution in [0.1, 0.15) is 11.1 Å². The largest absolute Gasteiger partial charge is 0.507 e. The van der Waals surface area contributed by atoms with Gasteiger partial charge in [-0.2, -0.15) is 9.98 Å². The first-order chi connectivity index (χ1) is 17.3. The molecule has 3 aliphatic heterocycles. The van der Waals surface area contributed by atoms with Gasteiger partial charge in [0.2, 0.25) is 0 Å². The number of nitrogens with zero attached hydrogens (tertiary/aromatic N) is 4. The number of rotatable bonds is 2. The van der Waals surface area contributed by atoms with Crippen molar-refractivity contribution in [2.45, 2.75) is 0 Å². The Labute approximate surface area is 232 Å². The number of amides is 2. The maximum atomic E-state index is 12.5. The van der Waals surface area contributed by atoms with Gasteiger partial charge in [-0.1, -0.05) is 31.9 Å². The van der Waals surface area contributed by atoms with Crippen LogP contribution in [-0.4, -0.2) is 68.3 Å². The Bertz CT molecular complexity index is 1290. The number of benzene rings is 2. The van der Waals surface area contributed by atoms with E-state index in [0.29, 0.717) is 57.5 Å². The molecule has 3 heterocycles. The number of carbonyl (C=O) groups excluding carboxylic acids is 2. The van der Waals surface area contributed by atoms with Gasteiger partial charge in [-0.15, -0.1) is 0 Å². The Morgan fingerprint density at radius 3 is 1.50 bits per heavy atom. The Morgan fingerprint density at radius 2 is 1.11 bits per heavy atom. The van der Waals surface area contributed by atoms with E-state index in [-0.39, 0.29) is 23.3 Å². The highest BCUT2D eigenvalue weighted by atomic mass is 79.9. The van der Waals surface area contributed by atoms with Crippen molar-refractivity contribution in [3.05, 3.63) is 66.3 Å².